The summed E-state index contributed by atoms with van der Waals surface area (Å²) in [6, 6.07) is 15.7. The van der Waals surface area contributed by atoms with Gasteiger partial charge in [-0.1, -0.05) is 18.2 Å². The normalized spacial score (nSPS) is 16.8. The van der Waals surface area contributed by atoms with Gasteiger partial charge in [-0.15, -0.1) is 0 Å². The summed E-state index contributed by atoms with van der Waals surface area (Å²) in [5, 5.41) is 19.0. The molecule has 1 atom stereocenters. The van der Waals surface area contributed by atoms with Gasteiger partial charge in [0.15, 0.2) is 0 Å². The van der Waals surface area contributed by atoms with Gasteiger partial charge in [0.1, 0.15) is 5.60 Å². The van der Waals surface area contributed by atoms with Crippen molar-refractivity contribution in [1.29, 1.82) is 5.26 Å². The van der Waals surface area contributed by atoms with Crippen LogP contribution in [-0.4, -0.2) is 54.1 Å². The van der Waals surface area contributed by atoms with E-state index < -0.39 is 11.7 Å². The minimum Gasteiger partial charge on any atom is -0.442 e. The molecule has 0 radical (unpaired) electrons. The number of hydrogen-bond donors (Lipinski definition) is 0. The van der Waals surface area contributed by atoms with Gasteiger partial charge in [-0.3, -0.25) is 9.48 Å². The molecule has 0 spiro atoms. The van der Waals surface area contributed by atoms with E-state index in [1.807, 2.05) is 55.8 Å². The number of carbonyl (C=O) groups excluding carboxylic acids is 2. The van der Waals surface area contributed by atoms with Crippen LogP contribution in [0, 0.1) is 11.3 Å². The van der Waals surface area contributed by atoms with E-state index in [-0.39, 0.29) is 18.0 Å². The molecule has 0 saturated heterocycles. The Balaban J connectivity index is 1.24. The first-order chi connectivity index (χ1) is 19.2. The van der Waals surface area contributed by atoms with Crippen LogP contribution in [-0.2, 0) is 24.1 Å². The Labute approximate surface area is 232 Å². The molecule has 2 aromatic carbocycles. The molecule has 6 rings (SSSR count). The fraction of sp³-hybridized carbons (Fsp3) is 0.387. The van der Waals surface area contributed by atoms with Crippen molar-refractivity contribution in [2.75, 3.05) is 0 Å². The SMILES string of the molecule is CC(C)(C)OC(=O)n1cc2c(n1)CCC(N(C(=O)c1cccc3c1cnn3Cc1ccc(C#N)cc1)C1CC1)C2. The number of fused-ring (bicyclic) bond motifs is 2. The average molecular weight is 537 g/mol. The Morgan fingerprint density at radius 3 is 2.58 bits per heavy atom. The predicted octanol–water partition coefficient (Wildman–Crippen LogP) is 5.10. The largest absolute Gasteiger partial charge is 0.442 e. The van der Waals surface area contributed by atoms with Gasteiger partial charge in [0.2, 0.25) is 0 Å². The zero-order valence-electron chi connectivity index (χ0n) is 23.0. The van der Waals surface area contributed by atoms with Crippen molar-refractivity contribution < 1.29 is 14.3 Å². The third-order valence-corrected chi connectivity index (χ3v) is 7.53. The number of aromatic nitrogens is 4. The molecule has 2 aromatic heterocycles. The summed E-state index contributed by atoms with van der Waals surface area (Å²) in [6.45, 7) is 6.05. The summed E-state index contributed by atoms with van der Waals surface area (Å²) in [5.41, 5.74) is 4.50. The van der Waals surface area contributed by atoms with E-state index in [0.717, 1.165) is 47.0 Å². The summed E-state index contributed by atoms with van der Waals surface area (Å²) >= 11 is 0. The molecular weight excluding hydrogens is 504 g/mol. The van der Waals surface area contributed by atoms with E-state index in [4.69, 9.17) is 10.00 Å². The Morgan fingerprint density at radius 1 is 1.10 bits per heavy atom. The van der Waals surface area contributed by atoms with Crippen molar-refractivity contribution in [2.45, 2.75) is 77.1 Å². The molecule has 9 nitrogen and oxygen atoms in total. The second-order valence-corrected chi connectivity index (χ2v) is 11.7. The lowest BCUT2D eigenvalue weighted by atomic mass is 9.91. The van der Waals surface area contributed by atoms with Crippen LogP contribution >= 0.6 is 0 Å². The Kier molecular flexibility index (Phi) is 6.41. The van der Waals surface area contributed by atoms with Gasteiger partial charge >= 0.3 is 6.09 Å². The van der Waals surface area contributed by atoms with Crippen LogP contribution < -0.4 is 0 Å². The molecule has 2 heterocycles. The van der Waals surface area contributed by atoms with Gasteiger partial charge in [0.25, 0.3) is 5.91 Å². The predicted molar refractivity (Wildman–Crippen MR) is 149 cm³/mol. The van der Waals surface area contributed by atoms with Gasteiger partial charge in [0, 0.05) is 23.7 Å². The van der Waals surface area contributed by atoms with Crippen molar-refractivity contribution in [1.82, 2.24) is 24.5 Å². The second kappa shape index (κ2) is 9.94. The van der Waals surface area contributed by atoms with Gasteiger partial charge in [-0.05, 0) is 88.3 Å². The summed E-state index contributed by atoms with van der Waals surface area (Å²) in [4.78, 5) is 28.8. The molecule has 4 aromatic rings. The van der Waals surface area contributed by atoms with Gasteiger partial charge in [-0.2, -0.15) is 20.1 Å². The summed E-state index contributed by atoms with van der Waals surface area (Å²) < 4.78 is 8.68. The van der Waals surface area contributed by atoms with Crippen LogP contribution in [0.5, 0.6) is 0 Å². The first-order valence-corrected chi connectivity index (χ1v) is 13.8. The van der Waals surface area contributed by atoms with Crippen molar-refractivity contribution in [3.05, 3.63) is 82.8 Å². The molecule has 1 amide bonds. The average Bonchev–Trinajstić information content (AvgIpc) is 3.52. The van der Waals surface area contributed by atoms with Gasteiger partial charge in [-0.25, -0.2) is 4.79 Å². The van der Waals surface area contributed by atoms with Gasteiger partial charge < -0.3 is 9.64 Å². The molecule has 0 bridgehead atoms. The first-order valence-electron chi connectivity index (χ1n) is 13.8. The van der Waals surface area contributed by atoms with E-state index in [1.54, 1.807) is 24.5 Å². The van der Waals surface area contributed by atoms with Crippen molar-refractivity contribution in [2.24, 2.45) is 0 Å². The molecule has 2 aliphatic rings. The number of carbonyl (C=O) groups is 2. The molecule has 1 fully saturated rings. The Morgan fingerprint density at radius 2 is 1.88 bits per heavy atom. The molecule has 0 N–H and O–H groups in total. The van der Waals surface area contributed by atoms with E-state index in [2.05, 4.69) is 21.2 Å². The van der Waals surface area contributed by atoms with Crippen LogP contribution in [0.2, 0.25) is 0 Å². The van der Waals surface area contributed by atoms with Crippen molar-refractivity contribution in [3.8, 4) is 6.07 Å². The zero-order chi connectivity index (χ0) is 28.0. The smallest absolute Gasteiger partial charge is 0.435 e. The number of rotatable bonds is 5. The summed E-state index contributed by atoms with van der Waals surface area (Å²) in [5.74, 6) is 0.0269. The third kappa shape index (κ3) is 5.09. The molecule has 204 valence electrons. The first kappa shape index (κ1) is 25.8. The van der Waals surface area contributed by atoms with E-state index >= 15 is 0 Å². The maximum atomic E-state index is 14.1. The third-order valence-electron chi connectivity index (χ3n) is 7.53. The lowest BCUT2D eigenvalue weighted by Gasteiger charge is -2.34. The Bertz CT molecular complexity index is 1630. The van der Waals surface area contributed by atoms with Crippen LogP contribution in [0.4, 0.5) is 4.79 Å². The van der Waals surface area contributed by atoms with Crippen molar-refractivity contribution >= 4 is 22.9 Å². The lowest BCUT2D eigenvalue weighted by Crippen LogP contribution is -2.44. The molecule has 2 aliphatic carbocycles. The molecule has 1 saturated carbocycles. The standard InChI is InChI=1S/C31H32N6O3/c1-31(2,3)40-30(39)36-19-22-15-24(13-14-27(22)34-36)37(23-11-12-23)29(38)25-5-4-6-28-26(25)17-33-35(28)18-21-9-7-20(16-32)8-10-21/h4-10,17,19,23-24H,11-15,18H2,1-3H3. The highest BCUT2D eigenvalue weighted by Gasteiger charge is 2.40. The number of amides is 1. The number of aryl methyl sites for hydroxylation is 1. The maximum absolute atomic E-state index is 14.1. The zero-order valence-corrected chi connectivity index (χ0v) is 23.0. The second-order valence-electron chi connectivity index (χ2n) is 11.7. The molecule has 0 aliphatic heterocycles. The van der Waals surface area contributed by atoms with E-state index in [1.165, 1.54) is 4.68 Å². The highest BCUT2D eigenvalue weighted by Crippen LogP contribution is 2.36. The monoisotopic (exact) mass is 536 g/mol. The summed E-state index contributed by atoms with van der Waals surface area (Å²) in [6.07, 6.45) is 7.22. The Hall–Kier alpha value is -4.45. The topological polar surface area (TPSA) is 106 Å². The van der Waals surface area contributed by atoms with E-state index in [9.17, 15) is 9.59 Å². The molecular formula is C31H32N6O3. The molecule has 40 heavy (non-hydrogen) atoms. The van der Waals surface area contributed by atoms with E-state index in [0.29, 0.717) is 30.5 Å². The van der Waals surface area contributed by atoms with Crippen molar-refractivity contribution in [3.63, 3.8) is 0 Å². The number of hydrogen-bond acceptors (Lipinski definition) is 6. The number of nitrogens with zero attached hydrogens (tertiary/aromatic N) is 6. The fourth-order valence-corrected chi connectivity index (χ4v) is 5.52. The van der Waals surface area contributed by atoms with Crippen LogP contribution in [0.15, 0.2) is 54.9 Å². The minimum absolute atomic E-state index is 0.0269. The lowest BCUT2D eigenvalue weighted by molar-refractivity contribution is 0.0513. The number of benzene rings is 2. The number of nitriles is 1. The van der Waals surface area contributed by atoms with Crippen LogP contribution in [0.25, 0.3) is 10.9 Å². The molecule has 9 heteroatoms. The van der Waals surface area contributed by atoms with Crippen LogP contribution in [0.1, 0.15) is 72.8 Å². The van der Waals surface area contributed by atoms with Crippen LogP contribution in [0.3, 0.4) is 0 Å². The van der Waals surface area contributed by atoms with Gasteiger partial charge in [0.05, 0.1) is 41.1 Å². The minimum atomic E-state index is -0.599. The highest BCUT2D eigenvalue weighted by molar-refractivity contribution is 6.06. The maximum Gasteiger partial charge on any atom is 0.435 e. The number of ether oxygens (including phenoxy) is 1. The summed E-state index contributed by atoms with van der Waals surface area (Å²) in [7, 11) is 0. The molecule has 1 unspecified atom stereocenters. The fourth-order valence-electron chi connectivity index (χ4n) is 5.52. The quantitative estimate of drug-likeness (QED) is 0.351. The highest BCUT2D eigenvalue weighted by atomic mass is 16.6.